The van der Waals surface area contributed by atoms with E-state index < -0.39 is 0 Å². The summed E-state index contributed by atoms with van der Waals surface area (Å²) in [5.41, 5.74) is 4.65. The van der Waals surface area contributed by atoms with Crippen molar-refractivity contribution in [3.05, 3.63) is 53.6 Å². The van der Waals surface area contributed by atoms with Crippen molar-refractivity contribution in [2.75, 3.05) is 0 Å². The van der Waals surface area contributed by atoms with E-state index in [1.807, 2.05) is 24.3 Å². The predicted octanol–water partition coefficient (Wildman–Crippen LogP) is 4.71. The van der Waals surface area contributed by atoms with Gasteiger partial charge in [-0.3, -0.25) is 0 Å². The van der Waals surface area contributed by atoms with E-state index in [1.165, 1.54) is 17.5 Å². The van der Waals surface area contributed by atoms with Crippen LogP contribution in [0, 0.1) is 6.92 Å². The third-order valence-corrected chi connectivity index (χ3v) is 3.37. The number of rotatable bonds is 4. The van der Waals surface area contributed by atoms with Crippen LogP contribution in [0.5, 0.6) is 5.75 Å². The molecule has 0 radical (unpaired) electrons. The van der Waals surface area contributed by atoms with Crippen molar-refractivity contribution in [3.8, 4) is 16.9 Å². The third kappa shape index (κ3) is 2.56. The first-order valence-electron chi connectivity index (χ1n) is 6.61. The number of aromatic hydroxyl groups is 1. The first kappa shape index (κ1) is 12.7. The van der Waals surface area contributed by atoms with E-state index in [0.717, 1.165) is 24.0 Å². The van der Waals surface area contributed by atoms with Gasteiger partial charge in [0, 0.05) is 5.56 Å². The molecule has 2 aromatic rings. The summed E-state index contributed by atoms with van der Waals surface area (Å²) in [6.45, 7) is 4.32. The van der Waals surface area contributed by atoms with Gasteiger partial charge in [-0.15, -0.1) is 0 Å². The zero-order valence-corrected chi connectivity index (χ0v) is 11.1. The summed E-state index contributed by atoms with van der Waals surface area (Å²) in [5.74, 6) is 0.387. The van der Waals surface area contributed by atoms with Crippen LogP contribution in [-0.2, 0) is 6.42 Å². The minimum atomic E-state index is 0.387. The van der Waals surface area contributed by atoms with E-state index in [0.29, 0.717) is 5.75 Å². The maximum Gasteiger partial charge on any atom is 0.123 e. The Morgan fingerprint density at radius 2 is 1.72 bits per heavy atom. The maximum atomic E-state index is 10.2. The number of unbranched alkanes of at least 4 members (excludes halogenated alkanes) is 1. The van der Waals surface area contributed by atoms with Crippen molar-refractivity contribution >= 4 is 0 Å². The molecule has 0 fully saturated rings. The normalized spacial score (nSPS) is 10.6. The van der Waals surface area contributed by atoms with Gasteiger partial charge in [-0.05, 0) is 42.5 Å². The van der Waals surface area contributed by atoms with Crippen molar-refractivity contribution in [1.29, 1.82) is 0 Å². The molecule has 0 spiro atoms. The second kappa shape index (κ2) is 5.72. The van der Waals surface area contributed by atoms with E-state index in [-0.39, 0.29) is 0 Å². The van der Waals surface area contributed by atoms with Crippen molar-refractivity contribution in [2.24, 2.45) is 0 Å². The zero-order valence-electron chi connectivity index (χ0n) is 11.1. The molecule has 0 aliphatic rings. The van der Waals surface area contributed by atoms with Gasteiger partial charge >= 0.3 is 0 Å². The summed E-state index contributed by atoms with van der Waals surface area (Å²) in [5, 5.41) is 10.2. The predicted molar refractivity (Wildman–Crippen MR) is 76.9 cm³/mol. The van der Waals surface area contributed by atoms with Gasteiger partial charge in [0.05, 0.1) is 0 Å². The molecule has 18 heavy (non-hydrogen) atoms. The first-order chi connectivity index (χ1) is 8.74. The molecule has 0 aliphatic carbocycles. The highest BCUT2D eigenvalue weighted by Gasteiger charge is 2.12. The van der Waals surface area contributed by atoms with Crippen molar-refractivity contribution < 1.29 is 5.11 Å². The summed E-state index contributed by atoms with van der Waals surface area (Å²) in [7, 11) is 0. The summed E-state index contributed by atoms with van der Waals surface area (Å²) in [4.78, 5) is 0. The van der Waals surface area contributed by atoms with Crippen molar-refractivity contribution in [1.82, 2.24) is 0 Å². The molecular weight excluding hydrogens is 220 g/mol. The molecule has 94 valence electrons. The molecule has 2 aromatic carbocycles. The number of benzene rings is 2. The first-order valence-corrected chi connectivity index (χ1v) is 6.61. The molecule has 2 rings (SSSR count). The number of hydrogen-bond donors (Lipinski definition) is 1. The molecule has 0 saturated heterocycles. The molecular formula is C17H20O. The lowest BCUT2D eigenvalue weighted by Crippen LogP contribution is -1.95. The molecule has 0 saturated carbocycles. The number of hydrogen-bond acceptors (Lipinski definition) is 1. The zero-order chi connectivity index (χ0) is 13.0. The Morgan fingerprint density at radius 3 is 2.39 bits per heavy atom. The van der Waals surface area contributed by atoms with Crippen LogP contribution in [-0.4, -0.2) is 5.11 Å². The van der Waals surface area contributed by atoms with Gasteiger partial charge in [-0.25, -0.2) is 0 Å². The lowest BCUT2D eigenvalue weighted by Gasteiger charge is -2.14. The molecule has 1 heteroatoms. The van der Waals surface area contributed by atoms with E-state index in [1.54, 1.807) is 6.07 Å². The van der Waals surface area contributed by atoms with E-state index in [9.17, 15) is 5.11 Å². The monoisotopic (exact) mass is 240 g/mol. The summed E-state index contributed by atoms with van der Waals surface area (Å²) in [6, 6.07) is 14.0. The number of phenols is 1. The maximum absolute atomic E-state index is 10.2. The van der Waals surface area contributed by atoms with Gasteiger partial charge in [-0.1, -0.05) is 49.7 Å². The summed E-state index contributed by atoms with van der Waals surface area (Å²) in [6.07, 6.45) is 3.36. The van der Waals surface area contributed by atoms with Gasteiger partial charge in [0.1, 0.15) is 5.75 Å². The van der Waals surface area contributed by atoms with E-state index >= 15 is 0 Å². The minimum Gasteiger partial charge on any atom is -0.507 e. The average Bonchev–Trinajstić information content (AvgIpc) is 2.40. The van der Waals surface area contributed by atoms with Gasteiger partial charge in [-0.2, -0.15) is 0 Å². The molecule has 1 N–H and O–H groups in total. The van der Waals surface area contributed by atoms with Crippen molar-refractivity contribution in [3.63, 3.8) is 0 Å². The molecule has 0 unspecified atom stereocenters. The molecule has 0 heterocycles. The van der Waals surface area contributed by atoms with Crippen LogP contribution in [0.15, 0.2) is 42.5 Å². The third-order valence-electron chi connectivity index (χ3n) is 3.37. The van der Waals surface area contributed by atoms with Gasteiger partial charge in [0.15, 0.2) is 0 Å². The van der Waals surface area contributed by atoms with Crippen molar-refractivity contribution in [2.45, 2.75) is 33.1 Å². The Bertz CT molecular complexity index is 515. The van der Waals surface area contributed by atoms with E-state index in [2.05, 4.69) is 26.0 Å². The molecule has 0 amide bonds. The van der Waals surface area contributed by atoms with Crippen LogP contribution in [0.1, 0.15) is 30.9 Å². The van der Waals surface area contributed by atoms with Crippen LogP contribution >= 0.6 is 0 Å². The molecule has 0 aliphatic heterocycles. The molecule has 1 nitrogen and oxygen atoms in total. The topological polar surface area (TPSA) is 20.2 Å². The number of phenolic OH excluding ortho intramolecular Hbond substituents is 1. The lowest BCUT2D eigenvalue weighted by molar-refractivity contribution is 0.476. The minimum absolute atomic E-state index is 0.387. The Hall–Kier alpha value is -1.76. The van der Waals surface area contributed by atoms with Crippen LogP contribution in [0.3, 0.4) is 0 Å². The van der Waals surface area contributed by atoms with Gasteiger partial charge in [0.2, 0.25) is 0 Å². The van der Waals surface area contributed by atoms with Gasteiger partial charge < -0.3 is 5.11 Å². The van der Waals surface area contributed by atoms with E-state index in [4.69, 9.17) is 0 Å². The highest BCUT2D eigenvalue weighted by atomic mass is 16.3. The van der Waals surface area contributed by atoms with Crippen LogP contribution < -0.4 is 0 Å². The Balaban J connectivity index is 2.53. The lowest BCUT2D eigenvalue weighted by atomic mass is 9.92. The standard InChI is InChI=1S/C17H20O/c1-3-4-10-15-13(2)11-12-16(18)17(15)14-8-6-5-7-9-14/h5-9,11-12,18H,3-4,10H2,1-2H3. The highest BCUT2D eigenvalue weighted by Crippen LogP contribution is 2.35. The Labute approximate surface area is 109 Å². The molecule has 0 aromatic heterocycles. The summed E-state index contributed by atoms with van der Waals surface area (Å²) >= 11 is 0. The SMILES string of the molecule is CCCCc1c(C)ccc(O)c1-c1ccccc1. The fourth-order valence-corrected chi connectivity index (χ4v) is 2.34. The van der Waals surface area contributed by atoms with Crippen LogP contribution in [0.25, 0.3) is 11.1 Å². The highest BCUT2D eigenvalue weighted by molar-refractivity contribution is 5.74. The summed E-state index contributed by atoms with van der Waals surface area (Å²) < 4.78 is 0. The molecule has 0 bridgehead atoms. The largest absolute Gasteiger partial charge is 0.507 e. The van der Waals surface area contributed by atoms with Gasteiger partial charge in [0.25, 0.3) is 0 Å². The van der Waals surface area contributed by atoms with Crippen LogP contribution in [0.2, 0.25) is 0 Å². The second-order valence-corrected chi connectivity index (χ2v) is 4.72. The fourth-order valence-electron chi connectivity index (χ4n) is 2.34. The molecule has 0 atom stereocenters. The second-order valence-electron chi connectivity index (χ2n) is 4.72. The smallest absolute Gasteiger partial charge is 0.123 e. The number of aryl methyl sites for hydroxylation is 1. The Morgan fingerprint density at radius 1 is 1.00 bits per heavy atom. The average molecular weight is 240 g/mol. The fraction of sp³-hybridized carbons (Fsp3) is 0.294. The van der Waals surface area contributed by atoms with Crippen LogP contribution in [0.4, 0.5) is 0 Å². The quantitative estimate of drug-likeness (QED) is 0.820. The Kier molecular flexibility index (Phi) is 4.03.